The molecule has 0 spiro atoms. The van der Waals surface area contributed by atoms with Crippen molar-refractivity contribution >= 4 is 5.97 Å². The van der Waals surface area contributed by atoms with Crippen molar-refractivity contribution in [3.8, 4) is 11.5 Å². The Labute approximate surface area is 119 Å². The van der Waals surface area contributed by atoms with Gasteiger partial charge in [-0.25, -0.2) is 4.79 Å². The summed E-state index contributed by atoms with van der Waals surface area (Å²) < 4.78 is 10.7. The lowest BCUT2D eigenvalue weighted by Gasteiger charge is -2.14. The van der Waals surface area contributed by atoms with E-state index in [1.165, 1.54) is 0 Å². The third-order valence-corrected chi connectivity index (χ3v) is 2.93. The average Bonchev–Trinajstić information content (AvgIpc) is 2.43. The second-order valence-electron chi connectivity index (χ2n) is 4.59. The van der Waals surface area contributed by atoms with Crippen molar-refractivity contribution in [2.45, 2.75) is 39.8 Å². The summed E-state index contributed by atoms with van der Waals surface area (Å²) >= 11 is 0. The van der Waals surface area contributed by atoms with Crippen LogP contribution in [0.3, 0.4) is 0 Å². The van der Waals surface area contributed by atoms with Crippen LogP contribution in [0, 0.1) is 0 Å². The molecule has 0 amide bonds. The smallest absolute Gasteiger partial charge is 0.341 e. The van der Waals surface area contributed by atoms with E-state index in [4.69, 9.17) is 14.6 Å². The van der Waals surface area contributed by atoms with Gasteiger partial charge in [-0.15, -0.1) is 0 Å². The Morgan fingerprint density at radius 2 is 2.05 bits per heavy atom. The topological polar surface area (TPSA) is 67.8 Å². The zero-order valence-electron chi connectivity index (χ0n) is 12.3. The Hall–Kier alpha value is -1.75. The first kappa shape index (κ1) is 16.3. The second kappa shape index (κ2) is 8.43. The molecule has 0 fully saturated rings. The highest BCUT2D eigenvalue weighted by molar-refractivity contribution is 5.68. The summed E-state index contributed by atoms with van der Waals surface area (Å²) in [5.74, 6) is 0.0358. The maximum atomic E-state index is 10.5. The summed E-state index contributed by atoms with van der Waals surface area (Å²) in [5, 5.41) is 12.0. The van der Waals surface area contributed by atoms with E-state index in [0.717, 1.165) is 18.5 Å². The maximum Gasteiger partial charge on any atom is 0.341 e. The highest BCUT2D eigenvalue weighted by Gasteiger charge is 2.09. The monoisotopic (exact) mass is 281 g/mol. The molecule has 0 radical (unpaired) electrons. The molecular formula is C15H23NO4. The Balaban J connectivity index is 2.74. The van der Waals surface area contributed by atoms with Crippen molar-refractivity contribution in [1.29, 1.82) is 0 Å². The zero-order valence-corrected chi connectivity index (χ0v) is 12.3. The van der Waals surface area contributed by atoms with Gasteiger partial charge in [0.05, 0.1) is 6.61 Å². The summed E-state index contributed by atoms with van der Waals surface area (Å²) in [6.45, 7) is 7.02. The van der Waals surface area contributed by atoms with Gasteiger partial charge < -0.3 is 19.9 Å². The molecule has 1 atom stereocenters. The Morgan fingerprint density at radius 1 is 1.30 bits per heavy atom. The molecule has 1 aromatic carbocycles. The minimum absolute atomic E-state index is 0.370. The number of nitrogens with one attached hydrogen (secondary N) is 1. The van der Waals surface area contributed by atoms with Crippen LogP contribution in [0.5, 0.6) is 11.5 Å². The number of rotatable bonds is 9. The van der Waals surface area contributed by atoms with E-state index in [0.29, 0.717) is 24.1 Å². The SMILES string of the molecule is CCOc1cc(CN[C@H](C)CC)ccc1OCC(=O)O. The molecule has 1 aromatic rings. The van der Waals surface area contributed by atoms with Crippen molar-refractivity contribution in [2.24, 2.45) is 0 Å². The van der Waals surface area contributed by atoms with Gasteiger partial charge in [0, 0.05) is 12.6 Å². The first-order valence-electron chi connectivity index (χ1n) is 6.90. The average molecular weight is 281 g/mol. The fourth-order valence-electron chi connectivity index (χ4n) is 1.63. The molecule has 20 heavy (non-hydrogen) atoms. The lowest BCUT2D eigenvalue weighted by atomic mass is 10.1. The Morgan fingerprint density at radius 3 is 2.65 bits per heavy atom. The highest BCUT2D eigenvalue weighted by atomic mass is 16.5. The van der Waals surface area contributed by atoms with Crippen LogP contribution >= 0.6 is 0 Å². The van der Waals surface area contributed by atoms with Crippen LogP contribution in [0.4, 0.5) is 0 Å². The Kier molecular flexibility index (Phi) is 6.87. The van der Waals surface area contributed by atoms with Gasteiger partial charge in [-0.3, -0.25) is 0 Å². The first-order chi connectivity index (χ1) is 9.56. The molecule has 0 unspecified atom stereocenters. The second-order valence-corrected chi connectivity index (χ2v) is 4.59. The molecule has 0 aliphatic rings. The number of hydrogen-bond donors (Lipinski definition) is 2. The van der Waals surface area contributed by atoms with E-state index in [2.05, 4.69) is 19.2 Å². The number of hydrogen-bond acceptors (Lipinski definition) is 4. The summed E-state index contributed by atoms with van der Waals surface area (Å²) in [6, 6.07) is 6.00. The molecule has 0 aromatic heterocycles. The van der Waals surface area contributed by atoms with Gasteiger partial charge in [0.1, 0.15) is 0 Å². The van der Waals surface area contributed by atoms with E-state index in [1.54, 1.807) is 6.07 Å². The van der Waals surface area contributed by atoms with Crippen LogP contribution in [0.2, 0.25) is 0 Å². The van der Waals surface area contributed by atoms with Crippen LogP contribution in [-0.2, 0) is 11.3 Å². The van der Waals surface area contributed by atoms with Crippen LogP contribution in [0.1, 0.15) is 32.8 Å². The molecule has 0 aliphatic carbocycles. The van der Waals surface area contributed by atoms with Gasteiger partial charge in [-0.2, -0.15) is 0 Å². The van der Waals surface area contributed by atoms with Gasteiger partial charge in [-0.05, 0) is 38.0 Å². The number of carbonyl (C=O) groups is 1. The molecule has 2 N–H and O–H groups in total. The fraction of sp³-hybridized carbons (Fsp3) is 0.533. The summed E-state index contributed by atoms with van der Waals surface area (Å²) in [5.41, 5.74) is 1.08. The lowest BCUT2D eigenvalue weighted by molar-refractivity contribution is -0.139. The van der Waals surface area contributed by atoms with Crippen molar-refractivity contribution in [3.63, 3.8) is 0 Å². The quantitative estimate of drug-likeness (QED) is 0.727. The third-order valence-electron chi connectivity index (χ3n) is 2.93. The molecule has 5 nitrogen and oxygen atoms in total. The van der Waals surface area contributed by atoms with Crippen molar-refractivity contribution in [3.05, 3.63) is 23.8 Å². The first-order valence-corrected chi connectivity index (χ1v) is 6.90. The normalized spacial score (nSPS) is 11.9. The fourth-order valence-corrected chi connectivity index (χ4v) is 1.63. The van der Waals surface area contributed by atoms with Crippen LogP contribution in [-0.4, -0.2) is 30.3 Å². The van der Waals surface area contributed by atoms with E-state index >= 15 is 0 Å². The number of carboxylic acids is 1. The lowest BCUT2D eigenvalue weighted by Crippen LogP contribution is -2.24. The molecule has 0 aliphatic heterocycles. The van der Waals surface area contributed by atoms with Crippen molar-refractivity contribution in [2.75, 3.05) is 13.2 Å². The molecule has 5 heteroatoms. The minimum atomic E-state index is -1.00. The van der Waals surface area contributed by atoms with Gasteiger partial charge >= 0.3 is 5.97 Å². The van der Waals surface area contributed by atoms with E-state index in [9.17, 15) is 4.79 Å². The standard InChI is InChI=1S/C15H23NO4/c1-4-11(3)16-9-12-6-7-13(20-10-15(17)18)14(8-12)19-5-2/h6-8,11,16H,4-5,9-10H2,1-3H3,(H,17,18)/t11-/m1/s1. The van der Waals surface area contributed by atoms with Crippen LogP contribution in [0.25, 0.3) is 0 Å². The van der Waals surface area contributed by atoms with E-state index in [-0.39, 0.29) is 6.61 Å². The molecule has 0 saturated carbocycles. The summed E-state index contributed by atoms with van der Waals surface area (Å²) in [6.07, 6.45) is 1.07. The highest BCUT2D eigenvalue weighted by Crippen LogP contribution is 2.28. The van der Waals surface area contributed by atoms with Crippen molar-refractivity contribution in [1.82, 2.24) is 5.32 Å². The van der Waals surface area contributed by atoms with Gasteiger partial charge in [0.15, 0.2) is 18.1 Å². The zero-order chi connectivity index (χ0) is 15.0. The van der Waals surface area contributed by atoms with Gasteiger partial charge in [-0.1, -0.05) is 13.0 Å². The molecule has 0 bridgehead atoms. The Bertz CT molecular complexity index is 434. The van der Waals surface area contributed by atoms with E-state index < -0.39 is 5.97 Å². The summed E-state index contributed by atoms with van der Waals surface area (Å²) in [4.78, 5) is 10.5. The van der Waals surface area contributed by atoms with Crippen molar-refractivity contribution < 1.29 is 19.4 Å². The molecule has 1 rings (SSSR count). The largest absolute Gasteiger partial charge is 0.490 e. The van der Waals surface area contributed by atoms with Crippen LogP contribution < -0.4 is 14.8 Å². The number of ether oxygens (including phenoxy) is 2. The van der Waals surface area contributed by atoms with Crippen LogP contribution in [0.15, 0.2) is 18.2 Å². The predicted molar refractivity (Wildman–Crippen MR) is 77.3 cm³/mol. The molecule has 0 heterocycles. The number of benzene rings is 1. The van der Waals surface area contributed by atoms with Gasteiger partial charge in [0.25, 0.3) is 0 Å². The molecular weight excluding hydrogens is 258 g/mol. The molecule has 0 saturated heterocycles. The number of aliphatic carboxylic acids is 1. The number of carboxylic acid groups (broad SMARTS) is 1. The van der Waals surface area contributed by atoms with E-state index in [1.807, 2.05) is 19.1 Å². The maximum absolute atomic E-state index is 10.5. The van der Waals surface area contributed by atoms with Gasteiger partial charge in [0.2, 0.25) is 0 Å². The predicted octanol–water partition coefficient (Wildman–Crippen LogP) is 2.44. The third kappa shape index (κ3) is 5.48. The minimum Gasteiger partial charge on any atom is -0.490 e. The summed E-state index contributed by atoms with van der Waals surface area (Å²) in [7, 11) is 0. The molecule has 112 valence electrons.